The number of hydrogen-bond acceptors (Lipinski definition) is 4. The van der Waals surface area contributed by atoms with Crippen LogP contribution in [-0.4, -0.2) is 42.4 Å². The van der Waals surface area contributed by atoms with Crippen LogP contribution in [0.5, 0.6) is 0 Å². The van der Waals surface area contributed by atoms with Crippen molar-refractivity contribution >= 4 is 17.3 Å². The maximum absolute atomic E-state index is 12.2. The molecule has 2 fully saturated rings. The number of nitrogens with one attached hydrogen (secondary N) is 1. The molecule has 1 aromatic carbocycles. The molecule has 1 aliphatic carbocycles. The van der Waals surface area contributed by atoms with Crippen LogP contribution < -0.4 is 10.2 Å². The summed E-state index contributed by atoms with van der Waals surface area (Å²) in [5.41, 5.74) is 1.93. The van der Waals surface area contributed by atoms with E-state index in [0.717, 1.165) is 43.7 Å². The van der Waals surface area contributed by atoms with E-state index >= 15 is 0 Å². The fraction of sp³-hybridized carbons (Fsp3) is 0.611. The summed E-state index contributed by atoms with van der Waals surface area (Å²) in [4.78, 5) is 14.5. The third-order valence-electron chi connectivity index (χ3n) is 4.74. The maximum Gasteiger partial charge on any atom is 0.230 e. The number of rotatable bonds is 3. The van der Waals surface area contributed by atoms with Crippen LogP contribution in [0.3, 0.4) is 0 Å². The lowest BCUT2D eigenvalue weighted by molar-refractivity contribution is -0.122. The van der Waals surface area contributed by atoms with Gasteiger partial charge in [0.05, 0.1) is 24.2 Å². The number of nitrogens with zero attached hydrogens (tertiary/aromatic N) is 1. The van der Waals surface area contributed by atoms with Crippen molar-refractivity contribution in [2.75, 3.05) is 23.3 Å². The minimum Gasteiger partial charge on any atom is -0.392 e. The molecule has 1 saturated carbocycles. The average Bonchev–Trinajstić information content (AvgIpc) is 2.93. The van der Waals surface area contributed by atoms with Gasteiger partial charge in [-0.2, -0.15) is 0 Å². The van der Waals surface area contributed by atoms with Crippen molar-refractivity contribution < 1.29 is 14.6 Å². The van der Waals surface area contributed by atoms with Crippen LogP contribution in [-0.2, 0) is 9.53 Å². The fourth-order valence-corrected chi connectivity index (χ4v) is 3.63. The normalized spacial score (nSPS) is 31.2. The number of morpholine rings is 1. The molecule has 5 heteroatoms. The van der Waals surface area contributed by atoms with Crippen molar-refractivity contribution in [3.05, 3.63) is 24.3 Å². The topological polar surface area (TPSA) is 61.8 Å². The molecule has 4 atom stereocenters. The SMILES string of the molecule is CC1CN(c2ccc(NC(=O)C3CCCC3O)cc2)CC(C)O1. The van der Waals surface area contributed by atoms with Crippen molar-refractivity contribution in [1.82, 2.24) is 0 Å². The average molecular weight is 318 g/mol. The highest BCUT2D eigenvalue weighted by molar-refractivity contribution is 5.93. The second-order valence-corrected chi connectivity index (χ2v) is 6.80. The summed E-state index contributed by atoms with van der Waals surface area (Å²) in [6.45, 7) is 5.93. The number of amides is 1. The Morgan fingerprint density at radius 3 is 2.39 bits per heavy atom. The Bertz CT molecular complexity index is 536. The third-order valence-corrected chi connectivity index (χ3v) is 4.74. The summed E-state index contributed by atoms with van der Waals surface area (Å²) in [6, 6.07) is 7.93. The molecular weight excluding hydrogens is 292 g/mol. The molecule has 1 amide bonds. The molecule has 1 aromatic rings. The maximum atomic E-state index is 12.2. The summed E-state index contributed by atoms with van der Waals surface area (Å²) < 4.78 is 5.76. The molecule has 0 spiro atoms. The molecule has 2 N–H and O–H groups in total. The third kappa shape index (κ3) is 3.85. The van der Waals surface area contributed by atoms with Crippen molar-refractivity contribution in [3.63, 3.8) is 0 Å². The second-order valence-electron chi connectivity index (χ2n) is 6.80. The van der Waals surface area contributed by atoms with E-state index in [1.807, 2.05) is 24.3 Å². The van der Waals surface area contributed by atoms with Gasteiger partial charge in [0.15, 0.2) is 0 Å². The van der Waals surface area contributed by atoms with Crippen LogP contribution in [0.2, 0.25) is 0 Å². The number of anilines is 2. The van der Waals surface area contributed by atoms with E-state index in [1.54, 1.807) is 0 Å². The lowest BCUT2D eigenvalue weighted by atomic mass is 10.1. The van der Waals surface area contributed by atoms with Crippen molar-refractivity contribution in [2.45, 2.75) is 51.4 Å². The molecule has 1 heterocycles. The van der Waals surface area contributed by atoms with Gasteiger partial charge < -0.3 is 20.1 Å². The number of aliphatic hydroxyl groups excluding tert-OH is 1. The van der Waals surface area contributed by atoms with E-state index in [4.69, 9.17) is 4.74 Å². The highest BCUT2D eigenvalue weighted by Gasteiger charge is 2.31. The molecule has 23 heavy (non-hydrogen) atoms. The molecule has 4 unspecified atom stereocenters. The van der Waals surface area contributed by atoms with Crippen LogP contribution in [0, 0.1) is 5.92 Å². The fourth-order valence-electron chi connectivity index (χ4n) is 3.63. The van der Waals surface area contributed by atoms with E-state index in [0.29, 0.717) is 0 Å². The van der Waals surface area contributed by atoms with Gasteiger partial charge in [0, 0.05) is 24.5 Å². The first kappa shape index (κ1) is 16.3. The van der Waals surface area contributed by atoms with E-state index in [9.17, 15) is 9.90 Å². The molecule has 3 rings (SSSR count). The van der Waals surface area contributed by atoms with Gasteiger partial charge in [-0.15, -0.1) is 0 Å². The second kappa shape index (κ2) is 6.89. The van der Waals surface area contributed by atoms with Crippen LogP contribution in [0.4, 0.5) is 11.4 Å². The quantitative estimate of drug-likeness (QED) is 0.898. The molecule has 0 aromatic heterocycles. The Morgan fingerprint density at radius 1 is 1.17 bits per heavy atom. The molecular formula is C18H26N2O3. The smallest absolute Gasteiger partial charge is 0.230 e. The summed E-state index contributed by atoms with van der Waals surface area (Å²) in [5.74, 6) is -0.341. The van der Waals surface area contributed by atoms with Crippen LogP contribution in [0.1, 0.15) is 33.1 Å². The Labute approximate surface area is 137 Å². The van der Waals surface area contributed by atoms with Gasteiger partial charge in [-0.25, -0.2) is 0 Å². The van der Waals surface area contributed by atoms with Gasteiger partial charge in [-0.05, 0) is 57.4 Å². The number of hydrogen-bond donors (Lipinski definition) is 2. The summed E-state index contributed by atoms with van der Waals surface area (Å²) in [5, 5.41) is 12.7. The Morgan fingerprint density at radius 2 is 1.83 bits per heavy atom. The minimum absolute atomic E-state index is 0.0728. The lowest BCUT2D eigenvalue weighted by Gasteiger charge is -2.36. The first-order chi connectivity index (χ1) is 11.0. The summed E-state index contributed by atoms with van der Waals surface area (Å²) in [6.07, 6.45) is 2.37. The van der Waals surface area contributed by atoms with Crippen molar-refractivity contribution in [3.8, 4) is 0 Å². The molecule has 0 radical (unpaired) electrons. The summed E-state index contributed by atoms with van der Waals surface area (Å²) >= 11 is 0. The van der Waals surface area contributed by atoms with E-state index in [-0.39, 0.29) is 24.0 Å². The highest BCUT2D eigenvalue weighted by atomic mass is 16.5. The number of ether oxygens (including phenoxy) is 1. The zero-order valence-corrected chi connectivity index (χ0v) is 13.9. The molecule has 2 aliphatic rings. The molecule has 0 bridgehead atoms. The zero-order chi connectivity index (χ0) is 16.4. The molecule has 1 saturated heterocycles. The van der Waals surface area contributed by atoms with Gasteiger partial charge in [0.1, 0.15) is 0 Å². The predicted octanol–water partition coefficient (Wildman–Crippen LogP) is 2.40. The Hall–Kier alpha value is -1.59. The molecule has 1 aliphatic heterocycles. The lowest BCUT2D eigenvalue weighted by Crippen LogP contribution is -2.45. The van der Waals surface area contributed by atoms with E-state index < -0.39 is 6.10 Å². The first-order valence-electron chi connectivity index (χ1n) is 8.52. The summed E-state index contributed by atoms with van der Waals surface area (Å²) in [7, 11) is 0. The number of aliphatic hydroxyl groups is 1. The van der Waals surface area contributed by atoms with Gasteiger partial charge >= 0.3 is 0 Å². The van der Waals surface area contributed by atoms with Gasteiger partial charge in [0.25, 0.3) is 0 Å². The van der Waals surface area contributed by atoms with Gasteiger partial charge in [-0.1, -0.05) is 0 Å². The number of benzene rings is 1. The van der Waals surface area contributed by atoms with Crippen LogP contribution in [0.25, 0.3) is 0 Å². The van der Waals surface area contributed by atoms with Gasteiger partial charge in [0.2, 0.25) is 5.91 Å². The Kier molecular flexibility index (Phi) is 4.87. The molecule has 126 valence electrons. The monoisotopic (exact) mass is 318 g/mol. The zero-order valence-electron chi connectivity index (χ0n) is 13.9. The highest BCUT2D eigenvalue weighted by Crippen LogP contribution is 2.27. The van der Waals surface area contributed by atoms with Crippen molar-refractivity contribution in [1.29, 1.82) is 0 Å². The largest absolute Gasteiger partial charge is 0.392 e. The Balaban J connectivity index is 1.62. The van der Waals surface area contributed by atoms with Crippen LogP contribution >= 0.6 is 0 Å². The van der Waals surface area contributed by atoms with Gasteiger partial charge in [-0.3, -0.25) is 4.79 Å². The van der Waals surface area contributed by atoms with Crippen molar-refractivity contribution in [2.24, 2.45) is 5.92 Å². The number of carbonyl (C=O) groups excluding carboxylic acids is 1. The van der Waals surface area contributed by atoms with E-state index in [1.165, 1.54) is 0 Å². The molecule has 5 nitrogen and oxygen atoms in total. The minimum atomic E-state index is -0.495. The number of carbonyl (C=O) groups is 1. The standard InChI is InChI=1S/C18H26N2O3/c1-12-10-20(11-13(2)23-12)15-8-6-14(7-9-15)19-18(22)16-4-3-5-17(16)21/h6-9,12-13,16-17,21H,3-5,10-11H2,1-2H3,(H,19,22). The predicted molar refractivity (Wildman–Crippen MR) is 90.6 cm³/mol. The first-order valence-corrected chi connectivity index (χ1v) is 8.52. The van der Waals surface area contributed by atoms with E-state index in [2.05, 4.69) is 24.1 Å². The van der Waals surface area contributed by atoms with Crippen LogP contribution in [0.15, 0.2) is 24.3 Å².